The number of carbonyl (C=O) groups excluding carboxylic acids is 1. The van der Waals surface area contributed by atoms with Gasteiger partial charge in [-0.2, -0.15) is 0 Å². The number of aliphatic hydroxyl groups is 1. The third kappa shape index (κ3) is 6.78. The fourth-order valence-corrected chi connectivity index (χ4v) is 2.56. The van der Waals surface area contributed by atoms with E-state index < -0.39 is 30.7 Å². The Labute approximate surface area is 175 Å². The number of amides is 1. The Hall–Kier alpha value is -3.04. The van der Waals surface area contributed by atoms with Crippen LogP contribution in [-0.2, 0) is 4.74 Å². The van der Waals surface area contributed by atoms with E-state index in [-0.39, 0.29) is 17.2 Å². The summed E-state index contributed by atoms with van der Waals surface area (Å²) >= 11 is 5.87. The van der Waals surface area contributed by atoms with E-state index in [1.807, 2.05) is 0 Å². The number of hydrogen-bond acceptors (Lipinski definition) is 5. The molecular weight excluding hydrogens is 425 g/mol. The number of carbonyl (C=O) groups is 1. The predicted molar refractivity (Wildman–Crippen MR) is 106 cm³/mol. The van der Waals surface area contributed by atoms with Gasteiger partial charge in [-0.25, -0.2) is 4.99 Å². The molecule has 0 bridgehead atoms. The van der Waals surface area contributed by atoms with Crippen LogP contribution in [0.4, 0.5) is 13.2 Å². The Morgan fingerprint density at radius 1 is 1.23 bits per heavy atom. The molecule has 2 aromatic carbocycles. The van der Waals surface area contributed by atoms with E-state index in [0.717, 1.165) is 12.1 Å². The summed E-state index contributed by atoms with van der Waals surface area (Å²) in [6, 6.07) is 10.1. The first-order valence-corrected chi connectivity index (χ1v) is 8.85. The van der Waals surface area contributed by atoms with Gasteiger partial charge in [0.15, 0.2) is 0 Å². The van der Waals surface area contributed by atoms with E-state index in [1.54, 1.807) is 18.2 Å². The quantitative estimate of drug-likeness (QED) is 0.501. The molecule has 0 aliphatic rings. The number of methoxy groups -OCH3 is 1. The molecule has 1 atom stereocenters. The molecule has 0 fully saturated rings. The number of alkyl halides is 3. The molecule has 0 aromatic heterocycles. The number of nitrogens with one attached hydrogen (secondary N) is 1. The van der Waals surface area contributed by atoms with Gasteiger partial charge in [-0.15, -0.1) is 13.2 Å². The summed E-state index contributed by atoms with van der Waals surface area (Å²) in [5.41, 5.74) is 0.799. The van der Waals surface area contributed by atoms with Gasteiger partial charge in [0.1, 0.15) is 11.8 Å². The molecule has 0 saturated carbocycles. The van der Waals surface area contributed by atoms with E-state index in [9.17, 15) is 23.1 Å². The van der Waals surface area contributed by atoms with Gasteiger partial charge in [-0.1, -0.05) is 24.2 Å². The lowest BCUT2D eigenvalue weighted by atomic mass is 10.1. The summed E-state index contributed by atoms with van der Waals surface area (Å²) in [6.45, 7) is 3.22. The van der Waals surface area contributed by atoms with E-state index >= 15 is 0 Å². The molecule has 30 heavy (non-hydrogen) atoms. The normalized spacial score (nSPS) is 12.8. The van der Waals surface area contributed by atoms with Crippen molar-refractivity contribution in [1.29, 1.82) is 0 Å². The van der Waals surface area contributed by atoms with Crippen LogP contribution in [0.25, 0.3) is 5.70 Å². The third-order valence-corrected chi connectivity index (χ3v) is 3.98. The maximum Gasteiger partial charge on any atom is 0.573 e. The summed E-state index contributed by atoms with van der Waals surface area (Å²) in [5, 5.41) is 12.6. The minimum Gasteiger partial charge on any atom is -0.483 e. The number of benzene rings is 2. The van der Waals surface area contributed by atoms with Crippen molar-refractivity contribution in [2.75, 3.05) is 13.7 Å². The minimum absolute atomic E-state index is 0.0477. The second kappa shape index (κ2) is 10.1. The average Bonchev–Trinajstić information content (AvgIpc) is 2.69. The van der Waals surface area contributed by atoms with Crippen LogP contribution in [0.15, 0.2) is 60.1 Å². The number of halogens is 4. The van der Waals surface area contributed by atoms with Gasteiger partial charge >= 0.3 is 6.36 Å². The summed E-state index contributed by atoms with van der Waals surface area (Å²) in [4.78, 5) is 16.5. The fourth-order valence-electron chi connectivity index (χ4n) is 2.37. The standard InChI is InChI=1S/C20H18ClF3N2O4/c1-12(13-6-8-16(9-7-13)30-20(22,23)24)25-19(29-2)17(11-27)26-18(28)14-4-3-5-15(21)10-14/h3-10,17,27H,1,11H2,2H3,(H,26,28)/b25-19-/t17-/m0/s1. The number of nitrogens with zero attached hydrogens (tertiary/aromatic N) is 1. The summed E-state index contributed by atoms with van der Waals surface area (Å²) in [7, 11) is 1.29. The summed E-state index contributed by atoms with van der Waals surface area (Å²) in [6.07, 6.45) is -4.80. The molecule has 2 rings (SSSR count). The van der Waals surface area contributed by atoms with Gasteiger partial charge in [-0.05, 0) is 48.0 Å². The highest BCUT2D eigenvalue weighted by Crippen LogP contribution is 2.25. The van der Waals surface area contributed by atoms with Crippen molar-refractivity contribution in [2.24, 2.45) is 4.99 Å². The molecule has 0 radical (unpaired) electrons. The predicted octanol–water partition coefficient (Wildman–Crippen LogP) is 4.05. The van der Waals surface area contributed by atoms with Crippen LogP contribution in [-0.4, -0.2) is 43.0 Å². The first-order chi connectivity index (χ1) is 14.1. The number of rotatable bonds is 7. The van der Waals surface area contributed by atoms with Gasteiger partial charge in [0.2, 0.25) is 5.90 Å². The minimum atomic E-state index is -4.80. The summed E-state index contributed by atoms with van der Waals surface area (Å²) < 4.78 is 45.7. The Morgan fingerprint density at radius 3 is 2.43 bits per heavy atom. The molecule has 0 heterocycles. The monoisotopic (exact) mass is 442 g/mol. The van der Waals surface area contributed by atoms with Gasteiger partial charge in [0.05, 0.1) is 19.4 Å². The zero-order chi connectivity index (χ0) is 22.3. The highest BCUT2D eigenvalue weighted by molar-refractivity contribution is 6.31. The Morgan fingerprint density at radius 2 is 1.90 bits per heavy atom. The van der Waals surface area contributed by atoms with E-state index in [1.165, 1.54) is 25.3 Å². The van der Waals surface area contributed by atoms with Crippen LogP contribution in [0.5, 0.6) is 5.75 Å². The smallest absolute Gasteiger partial charge is 0.483 e. The Balaban J connectivity index is 2.15. The molecule has 2 N–H and O–H groups in total. The van der Waals surface area contributed by atoms with Crippen LogP contribution in [0.2, 0.25) is 5.02 Å². The fraction of sp³-hybridized carbons (Fsp3) is 0.200. The molecule has 160 valence electrons. The molecule has 2 aromatic rings. The molecule has 0 aliphatic carbocycles. The second-order valence-corrected chi connectivity index (χ2v) is 6.33. The zero-order valence-electron chi connectivity index (χ0n) is 15.7. The SMILES string of the molecule is C=C(/N=C(\OC)[C@H](CO)NC(=O)c1cccc(Cl)c1)c1ccc(OC(F)(F)F)cc1. The van der Waals surface area contributed by atoms with Crippen molar-refractivity contribution in [1.82, 2.24) is 5.32 Å². The lowest BCUT2D eigenvalue weighted by Gasteiger charge is -2.18. The molecule has 0 spiro atoms. The lowest BCUT2D eigenvalue weighted by molar-refractivity contribution is -0.274. The number of aliphatic hydroxyl groups excluding tert-OH is 1. The highest BCUT2D eigenvalue weighted by Gasteiger charge is 2.31. The van der Waals surface area contributed by atoms with Crippen LogP contribution in [0, 0.1) is 0 Å². The van der Waals surface area contributed by atoms with Crippen molar-refractivity contribution in [2.45, 2.75) is 12.4 Å². The Kier molecular flexibility index (Phi) is 7.85. The van der Waals surface area contributed by atoms with Crippen LogP contribution in [0.3, 0.4) is 0 Å². The number of aliphatic imine (C=N–C) groups is 1. The first kappa shape index (κ1) is 23.2. The van der Waals surface area contributed by atoms with Crippen LogP contribution in [0.1, 0.15) is 15.9 Å². The highest BCUT2D eigenvalue weighted by atomic mass is 35.5. The summed E-state index contributed by atoms with van der Waals surface area (Å²) in [5.74, 6) is -0.953. The molecule has 0 saturated heterocycles. The van der Waals surface area contributed by atoms with Crippen molar-refractivity contribution >= 4 is 29.1 Å². The zero-order valence-corrected chi connectivity index (χ0v) is 16.5. The Bertz CT molecular complexity index is 930. The van der Waals surface area contributed by atoms with Gasteiger partial charge in [0.25, 0.3) is 5.91 Å². The maximum atomic E-state index is 12.4. The topological polar surface area (TPSA) is 80.2 Å². The van der Waals surface area contributed by atoms with Crippen molar-refractivity contribution < 1.29 is 32.5 Å². The second-order valence-electron chi connectivity index (χ2n) is 5.89. The van der Waals surface area contributed by atoms with Crippen LogP contribution >= 0.6 is 11.6 Å². The van der Waals surface area contributed by atoms with Crippen molar-refractivity contribution in [3.8, 4) is 5.75 Å². The van der Waals surface area contributed by atoms with Gasteiger partial charge in [-0.3, -0.25) is 4.79 Å². The van der Waals surface area contributed by atoms with E-state index in [0.29, 0.717) is 10.6 Å². The number of hydrogen-bond donors (Lipinski definition) is 2. The third-order valence-electron chi connectivity index (χ3n) is 3.75. The molecule has 1 amide bonds. The molecule has 0 unspecified atom stereocenters. The van der Waals surface area contributed by atoms with E-state index in [4.69, 9.17) is 16.3 Å². The van der Waals surface area contributed by atoms with Gasteiger partial charge < -0.3 is 19.9 Å². The largest absolute Gasteiger partial charge is 0.573 e. The first-order valence-electron chi connectivity index (χ1n) is 8.48. The average molecular weight is 443 g/mol. The lowest BCUT2D eigenvalue weighted by Crippen LogP contribution is -2.44. The maximum absolute atomic E-state index is 12.4. The van der Waals surface area contributed by atoms with Crippen molar-refractivity contribution in [3.63, 3.8) is 0 Å². The molecule has 6 nitrogen and oxygen atoms in total. The molecule has 0 aliphatic heterocycles. The number of ether oxygens (including phenoxy) is 2. The van der Waals surface area contributed by atoms with Gasteiger partial charge in [0, 0.05) is 10.6 Å². The van der Waals surface area contributed by atoms with Crippen LogP contribution < -0.4 is 10.1 Å². The van der Waals surface area contributed by atoms with Crippen molar-refractivity contribution in [3.05, 3.63) is 71.3 Å². The van der Waals surface area contributed by atoms with E-state index in [2.05, 4.69) is 21.6 Å². The molecular formula is C20H18ClF3N2O4. The molecule has 10 heteroatoms.